The van der Waals surface area contributed by atoms with Gasteiger partial charge in [0.15, 0.2) is 0 Å². The van der Waals surface area contributed by atoms with Crippen LogP contribution in [-0.4, -0.2) is 27.8 Å². The molecule has 5 heteroatoms. The number of rotatable bonds is 3. The van der Waals surface area contributed by atoms with Gasteiger partial charge in [0.1, 0.15) is 22.6 Å². The van der Waals surface area contributed by atoms with Gasteiger partial charge in [0.2, 0.25) is 0 Å². The second kappa shape index (κ2) is 6.91. The molecule has 2 aliphatic rings. The van der Waals surface area contributed by atoms with E-state index in [9.17, 15) is 5.11 Å². The Morgan fingerprint density at radius 1 is 1.26 bits per heavy atom. The molecule has 0 spiro atoms. The van der Waals surface area contributed by atoms with Crippen molar-refractivity contribution in [1.82, 2.24) is 10.3 Å². The van der Waals surface area contributed by atoms with E-state index in [1.54, 1.807) is 0 Å². The molecule has 2 aromatic rings. The number of nitrogens with zero attached hydrogens (tertiary/aromatic N) is 1. The predicted octanol–water partition coefficient (Wildman–Crippen LogP) is 4.94. The molecule has 1 unspecified atom stereocenters. The molecule has 0 saturated heterocycles. The van der Waals surface area contributed by atoms with E-state index in [0.717, 1.165) is 27.8 Å². The molecular formula is C22H29ClN2O2. The van der Waals surface area contributed by atoms with Gasteiger partial charge in [-0.05, 0) is 70.2 Å². The van der Waals surface area contributed by atoms with Gasteiger partial charge < -0.3 is 15.2 Å². The molecule has 1 aliphatic heterocycles. The molecule has 3 atom stereocenters. The van der Waals surface area contributed by atoms with Crippen molar-refractivity contribution < 1.29 is 9.84 Å². The first-order valence-electron chi connectivity index (χ1n) is 10.00. The van der Waals surface area contributed by atoms with Crippen LogP contribution >= 0.6 is 11.6 Å². The lowest BCUT2D eigenvalue weighted by Crippen LogP contribution is -2.54. The van der Waals surface area contributed by atoms with Crippen LogP contribution in [0, 0.1) is 12.8 Å². The zero-order chi connectivity index (χ0) is 19.3. The van der Waals surface area contributed by atoms with Gasteiger partial charge in [-0.2, -0.15) is 0 Å². The Balaban J connectivity index is 1.77. The fourth-order valence-electron chi connectivity index (χ4n) is 4.70. The van der Waals surface area contributed by atoms with E-state index in [2.05, 4.69) is 17.2 Å². The summed E-state index contributed by atoms with van der Waals surface area (Å²) in [5.41, 5.74) is 2.22. The number of pyridine rings is 1. The number of aliphatic hydroxyl groups is 1. The Morgan fingerprint density at radius 3 is 2.67 bits per heavy atom. The van der Waals surface area contributed by atoms with Crippen LogP contribution in [-0.2, 0) is 0 Å². The summed E-state index contributed by atoms with van der Waals surface area (Å²) in [4.78, 5) is 4.50. The lowest BCUT2D eigenvalue weighted by molar-refractivity contribution is -0.0671. The van der Waals surface area contributed by atoms with E-state index >= 15 is 0 Å². The molecule has 1 aromatic carbocycles. The summed E-state index contributed by atoms with van der Waals surface area (Å²) in [5.74, 6) is 1.49. The molecule has 4 rings (SSSR count). The Hall–Kier alpha value is -1.36. The number of ether oxygens (including phenoxy) is 1. The van der Waals surface area contributed by atoms with Gasteiger partial charge in [0.25, 0.3) is 0 Å². The number of fused-ring (bicyclic) bond motifs is 2. The van der Waals surface area contributed by atoms with Crippen LogP contribution < -0.4 is 10.1 Å². The van der Waals surface area contributed by atoms with Crippen LogP contribution in [0.25, 0.3) is 10.9 Å². The summed E-state index contributed by atoms with van der Waals surface area (Å²) >= 11 is 6.18. The van der Waals surface area contributed by atoms with Crippen molar-refractivity contribution in [2.45, 2.75) is 77.2 Å². The molecule has 0 amide bonds. The first-order chi connectivity index (χ1) is 12.8. The minimum atomic E-state index is -0.665. The van der Waals surface area contributed by atoms with Crippen LogP contribution in [0.2, 0.25) is 5.15 Å². The second-order valence-corrected chi connectivity index (χ2v) is 9.18. The summed E-state index contributed by atoms with van der Waals surface area (Å²) < 4.78 is 6.21. The zero-order valence-corrected chi connectivity index (χ0v) is 17.3. The molecule has 0 radical (unpaired) electrons. The Labute approximate surface area is 166 Å². The lowest BCUT2D eigenvalue weighted by atomic mass is 9.84. The molecule has 1 saturated carbocycles. The maximum absolute atomic E-state index is 11.1. The SMILES string of the molecule is Cc1cc(Cl)nc2cc3c(cc12)OC(C)(C)[C@H](O)[C@H]3NC(C)C1CCCC1. The van der Waals surface area contributed by atoms with E-state index in [1.165, 1.54) is 25.7 Å². The Kier molecular flexibility index (Phi) is 4.86. The van der Waals surface area contributed by atoms with Crippen molar-refractivity contribution in [1.29, 1.82) is 0 Å². The van der Waals surface area contributed by atoms with Crippen LogP contribution in [0.1, 0.15) is 63.6 Å². The van der Waals surface area contributed by atoms with E-state index in [0.29, 0.717) is 17.1 Å². The molecule has 146 valence electrons. The van der Waals surface area contributed by atoms with Crippen LogP contribution in [0.15, 0.2) is 18.2 Å². The van der Waals surface area contributed by atoms with Crippen LogP contribution in [0.3, 0.4) is 0 Å². The third kappa shape index (κ3) is 3.43. The van der Waals surface area contributed by atoms with Gasteiger partial charge in [-0.15, -0.1) is 0 Å². The number of halogens is 1. The first-order valence-corrected chi connectivity index (χ1v) is 10.4. The third-order valence-corrected chi connectivity index (χ3v) is 6.59. The zero-order valence-electron chi connectivity index (χ0n) is 16.6. The maximum atomic E-state index is 11.1. The molecule has 4 nitrogen and oxygen atoms in total. The smallest absolute Gasteiger partial charge is 0.131 e. The van der Waals surface area contributed by atoms with Gasteiger partial charge in [0, 0.05) is 17.0 Å². The third-order valence-electron chi connectivity index (χ3n) is 6.40. The van der Waals surface area contributed by atoms with Crippen LogP contribution in [0.4, 0.5) is 0 Å². The van der Waals surface area contributed by atoms with Crippen molar-refractivity contribution in [3.05, 3.63) is 34.5 Å². The molecule has 2 heterocycles. The van der Waals surface area contributed by atoms with Crippen molar-refractivity contribution in [3.63, 3.8) is 0 Å². The molecule has 0 bridgehead atoms. The first kappa shape index (κ1) is 19.0. The molecular weight excluding hydrogens is 360 g/mol. The van der Waals surface area contributed by atoms with Crippen LogP contribution in [0.5, 0.6) is 5.75 Å². The number of hydrogen-bond donors (Lipinski definition) is 2. The average molecular weight is 389 g/mol. The molecule has 1 aliphatic carbocycles. The van der Waals surface area contributed by atoms with E-state index in [4.69, 9.17) is 16.3 Å². The topological polar surface area (TPSA) is 54.4 Å². The number of benzene rings is 1. The largest absolute Gasteiger partial charge is 0.485 e. The fraction of sp³-hybridized carbons (Fsp3) is 0.591. The number of aryl methyl sites for hydroxylation is 1. The standard InChI is InChI=1S/C22H29ClN2O2/c1-12-9-19(23)25-17-10-16-18(11-15(12)17)27-22(3,4)21(26)20(16)24-13(2)14-7-5-6-8-14/h9-11,13-14,20-21,24,26H,5-8H2,1-4H3/t13?,20-,21+/m0/s1. The number of aromatic nitrogens is 1. The summed E-state index contributed by atoms with van der Waals surface area (Å²) in [6.07, 6.45) is 4.49. The number of nitrogens with one attached hydrogen (secondary N) is 1. The monoisotopic (exact) mass is 388 g/mol. The average Bonchev–Trinajstić information content (AvgIpc) is 3.12. The normalized spacial score (nSPS) is 26.0. The summed E-state index contributed by atoms with van der Waals surface area (Å²) in [7, 11) is 0. The van der Waals surface area contributed by atoms with Gasteiger partial charge in [-0.1, -0.05) is 24.4 Å². The molecule has 2 N–H and O–H groups in total. The number of aliphatic hydroxyl groups excluding tert-OH is 1. The van der Waals surface area contributed by atoms with Gasteiger partial charge in [0.05, 0.1) is 11.6 Å². The highest BCUT2D eigenvalue weighted by molar-refractivity contribution is 6.29. The highest BCUT2D eigenvalue weighted by Crippen LogP contribution is 2.43. The Morgan fingerprint density at radius 2 is 1.96 bits per heavy atom. The summed E-state index contributed by atoms with van der Waals surface area (Å²) in [5, 5.41) is 16.3. The minimum Gasteiger partial charge on any atom is -0.485 e. The highest BCUT2D eigenvalue weighted by atomic mass is 35.5. The van der Waals surface area contributed by atoms with Crippen molar-refractivity contribution in [2.75, 3.05) is 0 Å². The second-order valence-electron chi connectivity index (χ2n) is 8.80. The Bertz CT molecular complexity index is 861. The fourth-order valence-corrected chi connectivity index (χ4v) is 4.96. The molecule has 1 aromatic heterocycles. The highest BCUT2D eigenvalue weighted by Gasteiger charge is 2.44. The molecule has 1 fully saturated rings. The van der Waals surface area contributed by atoms with Gasteiger partial charge in [-0.25, -0.2) is 4.98 Å². The maximum Gasteiger partial charge on any atom is 0.131 e. The van der Waals surface area contributed by atoms with Crippen molar-refractivity contribution in [2.24, 2.45) is 5.92 Å². The van der Waals surface area contributed by atoms with E-state index in [1.807, 2.05) is 39.0 Å². The minimum absolute atomic E-state index is 0.190. The lowest BCUT2D eigenvalue weighted by Gasteiger charge is -2.44. The van der Waals surface area contributed by atoms with Gasteiger partial charge >= 0.3 is 0 Å². The predicted molar refractivity (Wildman–Crippen MR) is 110 cm³/mol. The van der Waals surface area contributed by atoms with E-state index < -0.39 is 11.7 Å². The summed E-state index contributed by atoms with van der Waals surface area (Å²) in [6, 6.07) is 6.10. The van der Waals surface area contributed by atoms with E-state index in [-0.39, 0.29) is 6.04 Å². The quantitative estimate of drug-likeness (QED) is 0.731. The van der Waals surface area contributed by atoms with Gasteiger partial charge in [-0.3, -0.25) is 0 Å². The van der Waals surface area contributed by atoms with Crippen molar-refractivity contribution >= 4 is 22.5 Å². The summed E-state index contributed by atoms with van der Waals surface area (Å²) in [6.45, 7) is 8.17. The number of hydrogen-bond acceptors (Lipinski definition) is 4. The van der Waals surface area contributed by atoms with Crippen molar-refractivity contribution in [3.8, 4) is 5.75 Å². The molecule has 27 heavy (non-hydrogen) atoms.